The van der Waals surface area contributed by atoms with E-state index in [9.17, 15) is 4.79 Å². The van der Waals surface area contributed by atoms with Gasteiger partial charge in [-0.05, 0) is 43.8 Å². The van der Waals surface area contributed by atoms with Gasteiger partial charge in [0.15, 0.2) is 0 Å². The van der Waals surface area contributed by atoms with Crippen LogP contribution in [0, 0.1) is 5.92 Å². The fourth-order valence-corrected chi connectivity index (χ4v) is 3.33. The van der Waals surface area contributed by atoms with Gasteiger partial charge in [0, 0.05) is 29.0 Å². The van der Waals surface area contributed by atoms with Gasteiger partial charge in [0.2, 0.25) is 5.91 Å². The monoisotopic (exact) mass is 410 g/mol. The molecular weight excluding hydrogens is 404 g/mol. The first-order valence-corrected chi connectivity index (χ1v) is 7.50. The van der Waals surface area contributed by atoms with Crippen LogP contribution in [0.1, 0.15) is 6.42 Å². The molecule has 0 spiro atoms. The van der Waals surface area contributed by atoms with Crippen molar-refractivity contribution >= 4 is 59.5 Å². The topological polar surface area (TPSA) is 33.2 Å². The number of nitrogens with zero attached hydrogens (tertiary/aromatic N) is 2. The average Bonchev–Trinajstić information content (AvgIpc) is 2.60. The van der Waals surface area contributed by atoms with E-state index in [1.54, 1.807) is 11.1 Å². The van der Waals surface area contributed by atoms with Gasteiger partial charge in [0.05, 0.1) is 4.47 Å². The zero-order valence-corrected chi connectivity index (χ0v) is 13.0. The minimum atomic E-state index is 0.139. The van der Waals surface area contributed by atoms with Crippen molar-refractivity contribution in [3.63, 3.8) is 0 Å². The fourth-order valence-electron chi connectivity index (χ4n) is 1.70. The second-order valence-electron chi connectivity index (χ2n) is 3.69. The van der Waals surface area contributed by atoms with Crippen LogP contribution >= 0.6 is 47.8 Å². The first-order valence-electron chi connectivity index (χ1n) is 4.79. The Labute approximate surface area is 119 Å². The number of alkyl halides is 1. The van der Waals surface area contributed by atoms with Crippen LogP contribution in [-0.4, -0.2) is 22.8 Å². The molecule has 0 radical (unpaired) electrons. The molecule has 0 saturated carbocycles. The molecule has 1 atom stereocenters. The molecule has 3 nitrogen and oxygen atoms in total. The van der Waals surface area contributed by atoms with Gasteiger partial charge in [-0.2, -0.15) is 0 Å². The van der Waals surface area contributed by atoms with E-state index in [4.69, 9.17) is 0 Å². The molecule has 16 heavy (non-hydrogen) atoms. The Hall–Kier alpha value is 0.0600. The van der Waals surface area contributed by atoms with Gasteiger partial charge in [0.25, 0.3) is 0 Å². The number of hydrogen-bond acceptors (Lipinski definition) is 2. The molecule has 1 saturated heterocycles. The van der Waals surface area contributed by atoms with Crippen molar-refractivity contribution in [2.24, 2.45) is 5.92 Å². The molecule has 1 unspecified atom stereocenters. The molecule has 0 aliphatic carbocycles. The Kier molecular flexibility index (Phi) is 4.02. The summed E-state index contributed by atoms with van der Waals surface area (Å²) in [5.74, 6) is 1.22. The smallest absolute Gasteiger partial charge is 0.228 e. The molecule has 1 fully saturated rings. The summed E-state index contributed by atoms with van der Waals surface area (Å²) in [6.07, 6.45) is 2.30. The van der Waals surface area contributed by atoms with E-state index >= 15 is 0 Å². The quantitative estimate of drug-likeness (QED) is 0.698. The van der Waals surface area contributed by atoms with Crippen LogP contribution < -0.4 is 4.90 Å². The minimum Gasteiger partial charge on any atom is -0.296 e. The standard InChI is InChI=1S/C10H9Br3N2O/c11-3-6-1-9(16)15(5-6)10-8(13)2-7(12)4-14-10/h2,4,6H,1,3,5H2. The Morgan fingerprint density at radius 1 is 1.50 bits per heavy atom. The van der Waals surface area contributed by atoms with E-state index < -0.39 is 0 Å². The molecule has 0 bridgehead atoms. The summed E-state index contributed by atoms with van der Waals surface area (Å²) >= 11 is 10.2. The van der Waals surface area contributed by atoms with Gasteiger partial charge in [-0.15, -0.1) is 0 Å². The van der Waals surface area contributed by atoms with Gasteiger partial charge in [-0.1, -0.05) is 15.9 Å². The number of carbonyl (C=O) groups excluding carboxylic acids is 1. The highest BCUT2D eigenvalue weighted by Gasteiger charge is 2.31. The summed E-state index contributed by atoms with van der Waals surface area (Å²) in [6, 6.07) is 1.90. The molecule has 1 aliphatic heterocycles. The lowest BCUT2D eigenvalue weighted by molar-refractivity contribution is -0.117. The SMILES string of the molecule is O=C1CC(CBr)CN1c1ncc(Br)cc1Br. The molecule has 1 amide bonds. The summed E-state index contributed by atoms with van der Waals surface area (Å²) in [5.41, 5.74) is 0. The molecule has 0 aromatic carbocycles. The normalized spacial score (nSPS) is 20.6. The van der Waals surface area contributed by atoms with Crippen LogP contribution in [0.4, 0.5) is 5.82 Å². The van der Waals surface area contributed by atoms with Gasteiger partial charge in [-0.3, -0.25) is 9.69 Å². The number of amides is 1. The van der Waals surface area contributed by atoms with E-state index in [2.05, 4.69) is 52.8 Å². The van der Waals surface area contributed by atoms with Crippen molar-refractivity contribution in [2.75, 3.05) is 16.8 Å². The molecule has 2 rings (SSSR count). The van der Waals surface area contributed by atoms with Gasteiger partial charge < -0.3 is 0 Å². The number of hydrogen-bond donors (Lipinski definition) is 0. The molecule has 6 heteroatoms. The number of carbonyl (C=O) groups is 1. The van der Waals surface area contributed by atoms with Crippen LogP contribution in [0.25, 0.3) is 0 Å². The van der Waals surface area contributed by atoms with E-state index in [1.165, 1.54) is 0 Å². The van der Waals surface area contributed by atoms with E-state index in [-0.39, 0.29) is 5.91 Å². The summed E-state index contributed by atoms with van der Waals surface area (Å²) in [5, 5.41) is 0.851. The first-order chi connectivity index (χ1) is 7.61. The second kappa shape index (κ2) is 5.14. The third-order valence-corrected chi connectivity index (χ3v) is 4.40. The second-order valence-corrected chi connectivity index (χ2v) is 6.11. The van der Waals surface area contributed by atoms with Crippen LogP contribution in [0.5, 0.6) is 0 Å². The highest BCUT2D eigenvalue weighted by molar-refractivity contribution is 9.11. The zero-order chi connectivity index (χ0) is 11.7. The average molecular weight is 413 g/mol. The highest BCUT2D eigenvalue weighted by Crippen LogP contribution is 2.31. The largest absolute Gasteiger partial charge is 0.296 e. The van der Waals surface area contributed by atoms with Gasteiger partial charge in [0.1, 0.15) is 5.82 Å². The molecular formula is C10H9Br3N2O. The summed E-state index contributed by atoms with van der Waals surface area (Å²) in [4.78, 5) is 17.8. The van der Waals surface area contributed by atoms with Crippen molar-refractivity contribution in [3.05, 3.63) is 21.2 Å². The number of anilines is 1. The predicted molar refractivity (Wildman–Crippen MR) is 73.9 cm³/mol. The Bertz CT molecular complexity index is 425. The lowest BCUT2D eigenvalue weighted by Gasteiger charge is -2.16. The van der Waals surface area contributed by atoms with Crippen molar-refractivity contribution in [2.45, 2.75) is 6.42 Å². The fraction of sp³-hybridized carbons (Fsp3) is 0.400. The van der Waals surface area contributed by atoms with E-state index in [1.807, 2.05) is 6.07 Å². The maximum atomic E-state index is 11.8. The van der Waals surface area contributed by atoms with Crippen molar-refractivity contribution in [1.29, 1.82) is 0 Å². The van der Waals surface area contributed by atoms with E-state index in [0.29, 0.717) is 18.2 Å². The number of aromatic nitrogens is 1. The Balaban J connectivity index is 2.28. The molecule has 86 valence electrons. The summed E-state index contributed by atoms with van der Waals surface area (Å²) in [6.45, 7) is 0.733. The number of pyridine rings is 1. The lowest BCUT2D eigenvalue weighted by Crippen LogP contribution is -2.26. The first kappa shape index (κ1) is 12.5. The van der Waals surface area contributed by atoms with Crippen LogP contribution in [0.15, 0.2) is 21.2 Å². The zero-order valence-electron chi connectivity index (χ0n) is 8.29. The van der Waals surface area contributed by atoms with Gasteiger partial charge >= 0.3 is 0 Å². The lowest BCUT2D eigenvalue weighted by atomic mass is 10.2. The summed E-state index contributed by atoms with van der Waals surface area (Å²) in [7, 11) is 0. The maximum Gasteiger partial charge on any atom is 0.228 e. The van der Waals surface area contributed by atoms with Gasteiger partial charge in [-0.25, -0.2) is 4.98 Å². The third kappa shape index (κ3) is 2.49. The van der Waals surface area contributed by atoms with E-state index in [0.717, 1.165) is 20.8 Å². The van der Waals surface area contributed by atoms with Crippen molar-refractivity contribution in [1.82, 2.24) is 4.98 Å². The number of halogens is 3. The maximum absolute atomic E-state index is 11.8. The van der Waals surface area contributed by atoms with Crippen LogP contribution in [0.2, 0.25) is 0 Å². The van der Waals surface area contributed by atoms with Crippen molar-refractivity contribution < 1.29 is 4.79 Å². The van der Waals surface area contributed by atoms with Crippen LogP contribution in [0.3, 0.4) is 0 Å². The minimum absolute atomic E-state index is 0.139. The third-order valence-electron chi connectivity index (χ3n) is 2.47. The Morgan fingerprint density at radius 2 is 2.25 bits per heavy atom. The molecule has 1 aliphatic rings. The molecule has 1 aromatic rings. The Morgan fingerprint density at radius 3 is 2.81 bits per heavy atom. The molecule has 2 heterocycles. The highest BCUT2D eigenvalue weighted by atomic mass is 79.9. The summed E-state index contributed by atoms with van der Waals surface area (Å²) < 4.78 is 1.73. The van der Waals surface area contributed by atoms with Crippen molar-refractivity contribution in [3.8, 4) is 0 Å². The predicted octanol–water partition coefficient (Wildman–Crippen LogP) is 3.35. The molecule has 0 N–H and O–H groups in total. The molecule has 1 aromatic heterocycles. The van der Waals surface area contributed by atoms with Crippen LogP contribution in [-0.2, 0) is 4.79 Å². The number of rotatable bonds is 2.